The average Bonchev–Trinajstić information content (AvgIpc) is 3.12. The number of ketones is 2. The summed E-state index contributed by atoms with van der Waals surface area (Å²) < 4.78 is 0. The third-order valence-corrected chi connectivity index (χ3v) is 9.91. The van der Waals surface area contributed by atoms with Crippen LogP contribution in [-0.4, -0.2) is 94.6 Å². The van der Waals surface area contributed by atoms with Crippen molar-refractivity contribution in [3.63, 3.8) is 0 Å². The minimum atomic E-state index is -1.52. The average molecular weight is 731 g/mol. The van der Waals surface area contributed by atoms with Crippen molar-refractivity contribution < 1.29 is 38.7 Å². The molecule has 1 aliphatic heterocycles. The van der Waals surface area contributed by atoms with E-state index in [0.29, 0.717) is 12.8 Å². The number of Topliss-reactive ketones (excluding diaryl/α,β-unsaturated/α-hetero) is 2. The number of hydrogen-bond acceptors (Lipinski definition) is 9. The van der Waals surface area contributed by atoms with Crippen LogP contribution in [0.3, 0.4) is 0 Å². The van der Waals surface area contributed by atoms with Crippen LogP contribution in [0.2, 0.25) is 0 Å². The van der Waals surface area contributed by atoms with Crippen molar-refractivity contribution in [2.24, 2.45) is 17.8 Å². The Balaban J connectivity index is 2.29. The zero-order chi connectivity index (χ0) is 38.8. The van der Waals surface area contributed by atoms with E-state index in [-0.39, 0.29) is 42.9 Å². The van der Waals surface area contributed by atoms with E-state index in [4.69, 9.17) is 0 Å². The molecule has 52 heavy (non-hydrogen) atoms. The summed E-state index contributed by atoms with van der Waals surface area (Å²) in [6.07, 6.45) is 11.5. The zero-order valence-electron chi connectivity index (χ0n) is 31.5. The van der Waals surface area contributed by atoms with Crippen molar-refractivity contribution in [3.8, 4) is 0 Å². The molecule has 0 bridgehead atoms. The minimum Gasteiger partial charge on any atom is -0.480 e. The van der Waals surface area contributed by atoms with Crippen LogP contribution in [0, 0.1) is 17.8 Å². The molecule has 1 saturated carbocycles. The van der Waals surface area contributed by atoms with Gasteiger partial charge in [0.1, 0.15) is 24.2 Å². The van der Waals surface area contributed by atoms with Crippen LogP contribution in [0.15, 0.2) is 25.3 Å². The van der Waals surface area contributed by atoms with Gasteiger partial charge in [0.2, 0.25) is 23.5 Å². The first kappa shape index (κ1) is 44.3. The quantitative estimate of drug-likeness (QED) is 0.0516. The van der Waals surface area contributed by atoms with Gasteiger partial charge in [-0.3, -0.25) is 28.8 Å². The molecule has 0 aromatic heterocycles. The van der Waals surface area contributed by atoms with Crippen LogP contribution < -0.4 is 26.7 Å². The van der Waals surface area contributed by atoms with Crippen molar-refractivity contribution in [2.75, 3.05) is 13.1 Å². The number of carbonyl (C=O) groups excluding carboxylic acids is 6. The summed E-state index contributed by atoms with van der Waals surface area (Å²) >= 11 is 0. The normalized spacial score (nSPS) is 18.8. The molecule has 1 heterocycles. The Morgan fingerprint density at radius 2 is 1.29 bits per heavy atom. The summed E-state index contributed by atoms with van der Waals surface area (Å²) in [5, 5.41) is 21.8. The topological polar surface area (TPSA) is 203 Å². The van der Waals surface area contributed by atoms with Crippen LogP contribution in [0.25, 0.3) is 0 Å². The molecule has 0 radical (unpaired) electrons. The minimum absolute atomic E-state index is 0.115. The SMILES string of the molecule is C=CCC(NC(=O)C(=O)C(=O)C(CC=C)NC(=O)[C@H](CC1CCCCC1)NC(=O)[C@@H](NC(=O)[C@H](CC(C)C)NN1CCCCC1)[C@@H](C)CC)C(=O)O. The molecule has 1 saturated heterocycles. The van der Waals surface area contributed by atoms with Gasteiger partial charge in [0, 0.05) is 13.1 Å². The number of hydrazine groups is 1. The predicted octanol–water partition coefficient (Wildman–Crippen LogP) is 2.72. The molecule has 6 N–H and O–H groups in total. The van der Waals surface area contributed by atoms with E-state index in [1.807, 2.05) is 33.0 Å². The lowest BCUT2D eigenvalue weighted by molar-refractivity contribution is -0.148. The second kappa shape index (κ2) is 22.9. The Morgan fingerprint density at radius 1 is 0.731 bits per heavy atom. The standard InChI is InChI=1S/C38H62N6O8/c1-7-16-27(32(45)33(46)37(50)40-28(17-8-2)38(51)52)39-34(47)29(23-26-18-12-10-13-19-26)41-36(49)31(25(6)9-3)42-35(48)30(22-24(4)5)43-44-20-14-11-15-21-44/h7-8,24-31,43H,1-2,9-23H2,3-6H3,(H,39,47)(H,40,50)(H,41,49)(H,42,48)(H,51,52)/t25-,27?,28?,29-,30-,31-/m0/s1. The molecule has 0 spiro atoms. The second-order valence-electron chi connectivity index (χ2n) is 14.7. The summed E-state index contributed by atoms with van der Waals surface area (Å²) in [7, 11) is 0. The summed E-state index contributed by atoms with van der Waals surface area (Å²) in [5.41, 5.74) is 3.38. The van der Waals surface area contributed by atoms with Gasteiger partial charge in [-0.15, -0.1) is 13.2 Å². The lowest BCUT2D eigenvalue weighted by Gasteiger charge is -2.34. The second-order valence-corrected chi connectivity index (χ2v) is 14.7. The van der Waals surface area contributed by atoms with Crippen LogP contribution in [0.5, 0.6) is 0 Å². The van der Waals surface area contributed by atoms with E-state index >= 15 is 0 Å². The third-order valence-electron chi connectivity index (χ3n) is 9.91. The Kier molecular flexibility index (Phi) is 19.5. The Labute approximate surface area is 308 Å². The molecule has 6 atom stereocenters. The number of carboxylic acid groups (broad SMARTS) is 1. The summed E-state index contributed by atoms with van der Waals surface area (Å²) in [6, 6.07) is -5.57. The van der Waals surface area contributed by atoms with Crippen molar-refractivity contribution in [1.29, 1.82) is 0 Å². The Morgan fingerprint density at radius 3 is 1.85 bits per heavy atom. The van der Waals surface area contributed by atoms with E-state index < -0.39 is 65.5 Å². The lowest BCUT2D eigenvalue weighted by Crippen LogP contribution is -2.61. The van der Waals surface area contributed by atoms with Crippen molar-refractivity contribution in [2.45, 2.75) is 141 Å². The highest BCUT2D eigenvalue weighted by Crippen LogP contribution is 2.27. The highest BCUT2D eigenvalue weighted by Gasteiger charge is 2.37. The molecule has 2 rings (SSSR count). The molecule has 292 valence electrons. The first-order valence-electron chi connectivity index (χ1n) is 19.0. The molecule has 1 aliphatic carbocycles. The lowest BCUT2D eigenvalue weighted by atomic mass is 9.84. The van der Waals surface area contributed by atoms with E-state index in [1.165, 1.54) is 12.2 Å². The Hall–Kier alpha value is -3.91. The fraction of sp³-hybridized carbons (Fsp3) is 0.711. The van der Waals surface area contributed by atoms with Crippen LogP contribution >= 0.6 is 0 Å². The van der Waals surface area contributed by atoms with E-state index in [9.17, 15) is 38.7 Å². The molecule has 2 aliphatic rings. The molecule has 14 nitrogen and oxygen atoms in total. The fourth-order valence-electron chi connectivity index (χ4n) is 6.69. The third kappa shape index (κ3) is 14.6. The fourth-order valence-corrected chi connectivity index (χ4v) is 6.69. The van der Waals surface area contributed by atoms with E-state index in [0.717, 1.165) is 64.5 Å². The van der Waals surface area contributed by atoms with Crippen LogP contribution in [0.1, 0.15) is 111 Å². The molecule has 2 unspecified atom stereocenters. The maximum Gasteiger partial charge on any atom is 0.326 e. The smallest absolute Gasteiger partial charge is 0.326 e. The number of carboxylic acids is 1. The van der Waals surface area contributed by atoms with Gasteiger partial charge in [0.25, 0.3) is 11.7 Å². The van der Waals surface area contributed by atoms with E-state index in [2.05, 4.69) is 39.5 Å². The van der Waals surface area contributed by atoms with Gasteiger partial charge in [0.15, 0.2) is 0 Å². The van der Waals surface area contributed by atoms with Crippen molar-refractivity contribution in [1.82, 2.24) is 31.7 Å². The summed E-state index contributed by atoms with van der Waals surface area (Å²) in [5.74, 6) is -7.13. The maximum atomic E-state index is 14.0. The summed E-state index contributed by atoms with van der Waals surface area (Å²) in [6.45, 7) is 16.5. The Bertz CT molecular complexity index is 1260. The first-order valence-corrected chi connectivity index (χ1v) is 19.0. The molecular formula is C38H62N6O8. The number of carbonyl (C=O) groups is 7. The van der Waals surface area contributed by atoms with Gasteiger partial charge < -0.3 is 26.4 Å². The molecule has 0 aromatic rings. The van der Waals surface area contributed by atoms with Gasteiger partial charge >= 0.3 is 5.97 Å². The van der Waals surface area contributed by atoms with Crippen molar-refractivity contribution >= 4 is 41.2 Å². The largest absolute Gasteiger partial charge is 0.480 e. The number of rotatable bonds is 23. The first-order chi connectivity index (χ1) is 24.7. The molecule has 14 heteroatoms. The number of amides is 4. The highest BCUT2D eigenvalue weighted by atomic mass is 16.4. The zero-order valence-corrected chi connectivity index (χ0v) is 31.5. The van der Waals surface area contributed by atoms with Gasteiger partial charge in [-0.1, -0.05) is 84.8 Å². The molecule has 4 amide bonds. The van der Waals surface area contributed by atoms with Crippen LogP contribution in [0.4, 0.5) is 0 Å². The predicted molar refractivity (Wildman–Crippen MR) is 197 cm³/mol. The number of nitrogens with zero attached hydrogens (tertiary/aromatic N) is 1. The van der Waals surface area contributed by atoms with Crippen LogP contribution in [-0.2, 0) is 33.6 Å². The number of nitrogens with one attached hydrogen (secondary N) is 5. The number of aliphatic carboxylic acids is 1. The summed E-state index contributed by atoms with van der Waals surface area (Å²) in [4.78, 5) is 91.8. The maximum absolute atomic E-state index is 14.0. The van der Waals surface area contributed by atoms with Gasteiger partial charge in [-0.05, 0) is 56.3 Å². The molecule has 2 fully saturated rings. The monoisotopic (exact) mass is 730 g/mol. The van der Waals surface area contributed by atoms with Gasteiger partial charge in [0.05, 0.1) is 6.04 Å². The highest BCUT2D eigenvalue weighted by molar-refractivity contribution is 6.64. The molecule has 0 aromatic carbocycles. The van der Waals surface area contributed by atoms with Gasteiger partial charge in [-0.2, -0.15) is 0 Å². The number of piperidine rings is 1. The van der Waals surface area contributed by atoms with Gasteiger partial charge in [-0.25, -0.2) is 15.2 Å². The van der Waals surface area contributed by atoms with E-state index in [1.54, 1.807) is 0 Å². The number of hydrogen-bond donors (Lipinski definition) is 6. The molecular weight excluding hydrogens is 668 g/mol. The van der Waals surface area contributed by atoms with Crippen molar-refractivity contribution in [3.05, 3.63) is 25.3 Å².